The Kier molecular flexibility index (Phi) is 8.13. The third-order valence-corrected chi connectivity index (χ3v) is 8.05. The average Bonchev–Trinajstić information content (AvgIpc) is 3.49. The summed E-state index contributed by atoms with van der Waals surface area (Å²) in [5.74, 6) is -0.648. The van der Waals surface area contributed by atoms with Crippen LogP contribution in [0.15, 0.2) is 17.8 Å². The van der Waals surface area contributed by atoms with E-state index in [-0.39, 0.29) is 35.4 Å². The second-order valence-corrected chi connectivity index (χ2v) is 11.6. The van der Waals surface area contributed by atoms with Gasteiger partial charge in [0, 0.05) is 36.9 Å². The van der Waals surface area contributed by atoms with Gasteiger partial charge in [0.2, 0.25) is 0 Å². The highest BCUT2D eigenvalue weighted by molar-refractivity contribution is 7.15. The van der Waals surface area contributed by atoms with Crippen molar-refractivity contribution in [1.82, 2.24) is 25.8 Å². The summed E-state index contributed by atoms with van der Waals surface area (Å²) < 4.78 is 0. The summed E-state index contributed by atoms with van der Waals surface area (Å²) in [5.41, 5.74) is 0.345. The molecule has 1 aromatic heterocycles. The summed E-state index contributed by atoms with van der Waals surface area (Å²) in [4.78, 5) is 33.2. The number of carbonyl (C=O) groups is 2. The molecule has 2 unspecified atom stereocenters. The van der Waals surface area contributed by atoms with Crippen molar-refractivity contribution in [3.63, 3.8) is 0 Å². The van der Waals surface area contributed by atoms with E-state index in [1.54, 1.807) is 31.0 Å². The topological polar surface area (TPSA) is 130 Å². The molecule has 2 atom stereocenters. The molecule has 9 nitrogen and oxygen atoms in total. The first-order valence-corrected chi connectivity index (χ1v) is 13.6. The van der Waals surface area contributed by atoms with Crippen LogP contribution in [-0.4, -0.2) is 63.7 Å². The van der Waals surface area contributed by atoms with Crippen molar-refractivity contribution < 1.29 is 14.7 Å². The molecule has 0 bridgehead atoms. The highest BCUT2D eigenvalue weighted by atomic mass is 32.1. The van der Waals surface area contributed by atoms with Gasteiger partial charge < -0.3 is 20.6 Å². The molecule has 10 heteroatoms. The van der Waals surface area contributed by atoms with Crippen LogP contribution in [0, 0.1) is 11.3 Å². The van der Waals surface area contributed by atoms with E-state index < -0.39 is 11.5 Å². The number of hydrogen-bond acceptors (Lipinski definition) is 8. The Morgan fingerprint density at radius 2 is 2.03 bits per heavy atom. The number of aliphatic hydroxyl groups is 1. The van der Waals surface area contributed by atoms with Crippen molar-refractivity contribution in [2.45, 2.75) is 89.6 Å². The number of amides is 2. The number of aromatic nitrogens is 1. The van der Waals surface area contributed by atoms with Crippen LogP contribution in [-0.2, 0) is 0 Å². The first-order chi connectivity index (χ1) is 17.2. The molecule has 0 radical (unpaired) electrons. The molecule has 2 aliphatic heterocycles. The van der Waals surface area contributed by atoms with E-state index in [0.29, 0.717) is 28.6 Å². The Morgan fingerprint density at radius 1 is 1.28 bits per heavy atom. The van der Waals surface area contributed by atoms with E-state index in [0.717, 1.165) is 37.0 Å². The van der Waals surface area contributed by atoms with Crippen molar-refractivity contribution in [2.24, 2.45) is 0 Å². The number of allylic oxidation sites excluding steroid dienone is 2. The maximum Gasteiger partial charge on any atom is 0.280 e. The summed E-state index contributed by atoms with van der Waals surface area (Å²) in [7, 11) is 0. The molecule has 4 rings (SSSR count). The number of nitrogens with one attached hydrogen (secondary N) is 3. The van der Waals surface area contributed by atoms with E-state index in [9.17, 15) is 20.0 Å². The first-order valence-electron chi connectivity index (χ1n) is 12.8. The molecular formula is C26H36N6O3S. The lowest BCUT2D eigenvalue weighted by Crippen LogP contribution is -2.48. The molecule has 36 heavy (non-hydrogen) atoms. The van der Waals surface area contributed by atoms with Gasteiger partial charge in [-0.15, -0.1) is 11.3 Å². The normalized spacial score (nSPS) is 22.9. The molecule has 1 aromatic rings. The Labute approximate surface area is 216 Å². The fourth-order valence-corrected chi connectivity index (χ4v) is 5.89. The lowest BCUT2D eigenvalue weighted by atomic mass is 9.94. The fourth-order valence-electron chi connectivity index (χ4n) is 4.93. The number of rotatable bonds is 7. The second kappa shape index (κ2) is 11.1. The van der Waals surface area contributed by atoms with Crippen molar-refractivity contribution in [3.05, 3.63) is 33.4 Å². The van der Waals surface area contributed by atoms with E-state index in [4.69, 9.17) is 0 Å². The number of hydrogen-bond donors (Lipinski definition) is 4. The Bertz CT molecular complexity index is 1090. The number of nitrogens with zero attached hydrogens (tertiary/aromatic N) is 3. The standard InChI is InChI=1S/C26H36N6O3S/c1-16-8-7-11-32(16)25(34)20-21(36-24(31-20)23(33)29-15-26(2,3)35)18-12-17(13-27)22(28-14-18)30-19-9-5-4-6-10-19/h12,14,16,19,22,28,30,35H,4-11,15H2,1-3H3,(H,29,33). The summed E-state index contributed by atoms with van der Waals surface area (Å²) in [5, 5.41) is 29.6. The molecule has 1 aliphatic carbocycles. The van der Waals surface area contributed by atoms with Crippen LogP contribution in [0.1, 0.15) is 90.9 Å². The summed E-state index contributed by atoms with van der Waals surface area (Å²) in [6, 6.07) is 2.77. The van der Waals surface area contributed by atoms with Crippen LogP contribution < -0.4 is 16.0 Å². The van der Waals surface area contributed by atoms with Gasteiger partial charge in [-0.3, -0.25) is 14.9 Å². The van der Waals surface area contributed by atoms with Crippen LogP contribution in [0.5, 0.6) is 0 Å². The number of likely N-dealkylation sites (tertiary alicyclic amines) is 1. The van der Waals surface area contributed by atoms with Crippen molar-refractivity contribution >= 4 is 28.7 Å². The highest BCUT2D eigenvalue weighted by Crippen LogP contribution is 2.32. The van der Waals surface area contributed by atoms with Gasteiger partial charge in [-0.1, -0.05) is 19.3 Å². The lowest BCUT2D eigenvalue weighted by molar-refractivity contribution is 0.0692. The van der Waals surface area contributed by atoms with E-state index in [1.807, 2.05) is 6.92 Å². The van der Waals surface area contributed by atoms with Crippen LogP contribution in [0.3, 0.4) is 0 Å². The van der Waals surface area contributed by atoms with Gasteiger partial charge in [0.25, 0.3) is 11.8 Å². The third kappa shape index (κ3) is 6.14. The Balaban J connectivity index is 1.61. The monoisotopic (exact) mass is 512 g/mol. The minimum Gasteiger partial charge on any atom is -0.389 e. The zero-order valence-corrected chi connectivity index (χ0v) is 22.1. The molecule has 4 N–H and O–H groups in total. The van der Waals surface area contributed by atoms with Gasteiger partial charge in [-0.05, 0) is 52.5 Å². The second-order valence-electron chi connectivity index (χ2n) is 10.6. The minimum absolute atomic E-state index is 0.0600. The summed E-state index contributed by atoms with van der Waals surface area (Å²) >= 11 is 1.13. The van der Waals surface area contributed by atoms with Gasteiger partial charge >= 0.3 is 0 Å². The van der Waals surface area contributed by atoms with Crippen LogP contribution in [0.4, 0.5) is 0 Å². The molecule has 1 saturated carbocycles. The largest absolute Gasteiger partial charge is 0.389 e. The minimum atomic E-state index is -1.07. The maximum absolute atomic E-state index is 13.5. The predicted octanol–water partition coefficient (Wildman–Crippen LogP) is 2.91. The third-order valence-electron chi connectivity index (χ3n) is 6.95. The van der Waals surface area contributed by atoms with Crippen molar-refractivity contribution in [3.8, 4) is 6.07 Å². The molecule has 2 fully saturated rings. The van der Waals surface area contributed by atoms with E-state index in [2.05, 4.69) is 27.0 Å². The quantitative estimate of drug-likeness (QED) is 0.442. The molecular weight excluding hydrogens is 476 g/mol. The molecule has 194 valence electrons. The highest BCUT2D eigenvalue weighted by Gasteiger charge is 2.33. The van der Waals surface area contributed by atoms with Gasteiger partial charge in [0.1, 0.15) is 11.9 Å². The summed E-state index contributed by atoms with van der Waals surface area (Å²) in [6.07, 6.45) is 11.0. The Morgan fingerprint density at radius 3 is 2.67 bits per heavy atom. The molecule has 2 amide bonds. The average molecular weight is 513 g/mol. The number of dihydropyridines is 1. The zero-order chi connectivity index (χ0) is 25.9. The molecule has 1 saturated heterocycles. The zero-order valence-electron chi connectivity index (χ0n) is 21.3. The van der Waals surface area contributed by atoms with Gasteiger partial charge in [0.05, 0.1) is 22.1 Å². The van der Waals surface area contributed by atoms with Gasteiger partial charge in [0.15, 0.2) is 5.01 Å². The van der Waals surface area contributed by atoms with Crippen molar-refractivity contribution in [1.29, 1.82) is 5.26 Å². The Hall–Kier alpha value is -2.74. The van der Waals surface area contributed by atoms with E-state index in [1.165, 1.54) is 19.3 Å². The number of thiazole rings is 1. The van der Waals surface area contributed by atoms with Gasteiger partial charge in [-0.2, -0.15) is 5.26 Å². The molecule has 3 aliphatic rings. The molecule has 0 aromatic carbocycles. The molecule has 3 heterocycles. The van der Waals surface area contributed by atoms with Crippen molar-refractivity contribution in [2.75, 3.05) is 13.1 Å². The van der Waals surface area contributed by atoms with E-state index >= 15 is 0 Å². The maximum atomic E-state index is 13.5. The fraction of sp³-hybridized carbons (Fsp3) is 0.615. The SMILES string of the molecule is CC1CCCN1C(=O)c1nc(C(=O)NCC(C)(C)O)sc1C1=CNC(NC2CCCCC2)C(C#N)=C1. The molecule has 0 spiro atoms. The van der Waals surface area contributed by atoms with Gasteiger partial charge in [-0.25, -0.2) is 4.98 Å². The number of nitriles is 1. The lowest BCUT2D eigenvalue weighted by Gasteiger charge is -2.30. The predicted molar refractivity (Wildman–Crippen MR) is 139 cm³/mol. The summed E-state index contributed by atoms with van der Waals surface area (Å²) in [6.45, 7) is 5.94. The first kappa shape index (κ1) is 26.3. The van der Waals surface area contributed by atoms with Crippen LogP contribution in [0.25, 0.3) is 5.57 Å². The van der Waals surface area contributed by atoms with Crippen LogP contribution in [0.2, 0.25) is 0 Å². The smallest absolute Gasteiger partial charge is 0.280 e. The number of carbonyl (C=O) groups excluding carboxylic acids is 2. The van der Waals surface area contributed by atoms with Crippen LogP contribution >= 0.6 is 11.3 Å².